The van der Waals surface area contributed by atoms with Crippen molar-refractivity contribution in [2.45, 2.75) is 0 Å². The Balaban J connectivity index is 1.32. The first-order valence-electron chi connectivity index (χ1n) is 21.9. The molecule has 2 aromatic heterocycles. The largest absolute Gasteiger partial charge is 0.308 e. The second-order valence-electron chi connectivity index (χ2n) is 13.0. The molecule has 4 heteroatoms. The summed E-state index contributed by atoms with van der Waals surface area (Å²) in [7, 11) is 0. The lowest BCUT2D eigenvalue weighted by Gasteiger charge is -2.17. The van der Waals surface area contributed by atoms with Gasteiger partial charge in [-0.1, -0.05) is 182 Å². The normalized spacial score (nSPS) is 13.3. The highest BCUT2D eigenvalue weighted by Gasteiger charge is 2.21. The summed E-state index contributed by atoms with van der Waals surface area (Å²) in [5, 5.41) is -0.0437. The van der Waals surface area contributed by atoms with Gasteiger partial charge in [0.1, 0.15) is 0 Å². The number of para-hydroxylation sites is 2. The molecule has 0 aliphatic rings. The predicted octanol–water partition coefficient (Wildman–Crippen LogP) is 13.0. The zero-order valence-electron chi connectivity index (χ0n) is 37.3. The first kappa shape index (κ1) is 24.7. The third kappa shape index (κ3) is 5.96. The summed E-state index contributed by atoms with van der Waals surface area (Å²) < 4.78 is 73.1. The van der Waals surface area contributed by atoms with E-state index in [9.17, 15) is 2.74 Å². The van der Waals surface area contributed by atoms with Crippen molar-refractivity contribution in [2.75, 3.05) is 0 Å². The van der Waals surface area contributed by atoms with Crippen molar-refractivity contribution in [2.24, 2.45) is 0 Å². The van der Waals surface area contributed by atoms with Crippen LogP contribution >= 0.6 is 0 Å². The van der Waals surface area contributed by atoms with Crippen LogP contribution in [0.15, 0.2) is 206 Å². The van der Waals surface area contributed by atoms with E-state index in [0.29, 0.717) is 22.9 Å². The van der Waals surface area contributed by atoms with Gasteiger partial charge in [0, 0.05) is 27.5 Å². The zero-order chi connectivity index (χ0) is 43.5. The Morgan fingerprint density at radius 2 is 0.782 bits per heavy atom. The Morgan fingerprint density at radius 1 is 0.345 bits per heavy atom. The number of fused-ring (bicyclic) bond motifs is 3. The number of nitrogens with zero attached hydrogens (tertiary/aromatic N) is 4. The maximum absolute atomic E-state index is 9.30. The number of hydrogen-bond donors (Lipinski definition) is 0. The molecule has 10 rings (SSSR count). The summed E-state index contributed by atoms with van der Waals surface area (Å²) in [6.45, 7) is 0. The molecule has 0 unspecified atom stereocenters. The van der Waals surface area contributed by atoms with Crippen LogP contribution in [0, 0.1) is 0 Å². The van der Waals surface area contributed by atoms with E-state index in [0.717, 1.165) is 44.5 Å². The van der Waals surface area contributed by atoms with Crippen molar-refractivity contribution in [3.8, 4) is 73.2 Å². The molecule has 4 nitrogen and oxygen atoms in total. The van der Waals surface area contributed by atoms with Gasteiger partial charge in [-0.25, -0.2) is 15.0 Å². The molecule has 10 aromatic rings. The highest BCUT2D eigenvalue weighted by molar-refractivity contribution is 6.09. The number of aromatic nitrogens is 4. The van der Waals surface area contributed by atoms with E-state index in [-0.39, 0.29) is 27.6 Å². The lowest BCUT2D eigenvalue weighted by Crippen LogP contribution is -2.04. The van der Waals surface area contributed by atoms with Crippen LogP contribution < -0.4 is 0 Å². The van der Waals surface area contributed by atoms with Crippen molar-refractivity contribution in [1.82, 2.24) is 19.5 Å². The molecule has 0 N–H and O–H groups in total. The Morgan fingerprint density at radius 3 is 1.40 bits per heavy atom. The third-order valence-electron chi connectivity index (χ3n) is 9.76. The van der Waals surface area contributed by atoms with Gasteiger partial charge < -0.3 is 4.57 Å². The Bertz CT molecular complexity index is 3340. The lowest BCUT2D eigenvalue weighted by molar-refractivity contribution is 1.06. The summed E-state index contributed by atoms with van der Waals surface area (Å²) >= 11 is 0. The first-order valence-corrected chi connectivity index (χ1v) is 17.9. The molecule has 258 valence electrons. The maximum Gasteiger partial charge on any atom is 0.166 e. The molecule has 55 heavy (non-hydrogen) atoms. The highest BCUT2D eigenvalue weighted by Crippen LogP contribution is 2.39. The SMILES string of the molecule is [2H]c1c([2H])c([2H])c2c(c1[2H])c1c([2H])c([2H])c([2H])c([2H])c1n2-c1cc(-c2ccccc2)ccc1-c1nc(-c2ccc(-c3ccccc3)cc2)nc(-c2ccccc2-c2ccccc2)n1. The van der Waals surface area contributed by atoms with Crippen molar-refractivity contribution < 1.29 is 11.0 Å². The summed E-state index contributed by atoms with van der Waals surface area (Å²) in [5.74, 6) is 0.989. The van der Waals surface area contributed by atoms with Crippen LogP contribution in [0.4, 0.5) is 0 Å². The molecular formula is C51H34N4. The number of rotatable bonds is 7. The quantitative estimate of drug-likeness (QED) is 0.165. The third-order valence-corrected chi connectivity index (χ3v) is 9.76. The number of benzene rings is 8. The van der Waals surface area contributed by atoms with Gasteiger partial charge in [0.2, 0.25) is 0 Å². The molecular weight excluding hydrogens is 669 g/mol. The van der Waals surface area contributed by atoms with Crippen LogP contribution in [0.2, 0.25) is 0 Å². The highest BCUT2D eigenvalue weighted by atomic mass is 15.1. The van der Waals surface area contributed by atoms with Gasteiger partial charge >= 0.3 is 0 Å². The molecule has 0 aliphatic carbocycles. The second kappa shape index (κ2) is 13.8. The monoisotopic (exact) mass is 710 g/mol. The molecule has 0 saturated carbocycles. The fourth-order valence-electron chi connectivity index (χ4n) is 7.11. The second-order valence-corrected chi connectivity index (χ2v) is 13.0. The van der Waals surface area contributed by atoms with Crippen LogP contribution in [0.25, 0.3) is 95.0 Å². The van der Waals surface area contributed by atoms with Gasteiger partial charge in [-0.2, -0.15) is 0 Å². The van der Waals surface area contributed by atoms with Crippen LogP contribution in [-0.2, 0) is 0 Å². The fraction of sp³-hybridized carbons (Fsp3) is 0. The van der Waals surface area contributed by atoms with Crippen LogP contribution in [-0.4, -0.2) is 19.5 Å². The van der Waals surface area contributed by atoms with Crippen molar-refractivity contribution in [3.63, 3.8) is 0 Å². The summed E-state index contributed by atoms with van der Waals surface area (Å²) in [4.78, 5) is 15.4. The molecule has 0 fully saturated rings. The Labute approximate surface area is 331 Å². The van der Waals surface area contributed by atoms with Crippen LogP contribution in [0.5, 0.6) is 0 Å². The van der Waals surface area contributed by atoms with E-state index in [2.05, 4.69) is 0 Å². The molecule has 0 atom stereocenters. The standard InChI is InChI=1S/C51H34N4/c1-4-16-35(17-5-1)37-28-30-39(31-29-37)49-52-50(44-25-11-10-22-41(44)38-20-8-3-9-21-38)54-51(53-49)45-33-32-40(36-18-6-2-7-19-36)34-48(45)55-46-26-14-12-23-42(46)43-24-13-15-27-47(43)55/h1-34H/i12D,13D,14D,15D,23D,24D,26D,27D. The molecule has 2 heterocycles. The van der Waals surface area contributed by atoms with Gasteiger partial charge in [0.15, 0.2) is 17.5 Å². The fourth-order valence-corrected chi connectivity index (χ4v) is 7.11. The lowest BCUT2D eigenvalue weighted by atomic mass is 9.99. The van der Waals surface area contributed by atoms with E-state index in [1.54, 1.807) is 0 Å². The van der Waals surface area contributed by atoms with Crippen molar-refractivity contribution in [1.29, 1.82) is 0 Å². The zero-order valence-corrected chi connectivity index (χ0v) is 29.3. The van der Waals surface area contributed by atoms with Crippen molar-refractivity contribution in [3.05, 3.63) is 206 Å². The van der Waals surface area contributed by atoms with Gasteiger partial charge in [0.05, 0.1) is 27.7 Å². The summed E-state index contributed by atoms with van der Waals surface area (Å²) in [6, 6.07) is 47.4. The maximum atomic E-state index is 9.30. The van der Waals surface area contributed by atoms with Crippen LogP contribution in [0.3, 0.4) is 0 Å². The molecule has 8 aromatic carbocycles. The van der Waals surface area contributed by atoms with E-state index in [1.165, 1.54) is 4.57 Å². The minimum absolute atomic E-state index is 0.00473. The Kier molecular flexibility index (Phi) is 6.23. The van der Waals surface area contributed by atoms with Gasteiger partial charge in [-0.05, 0) is 57.6 Å². The minimum atomic E-state index is -0.515. The van der Waals surface area contributed by atoms with Crippen LogP contribution in [0.1, 0.15) is 11.0 Å². The number of hydrogen-bond acceptors (Lipinski definition) is 3. The van der Waals surface area contributed by atoms with Gasteiger partial charge in [0.25, 0.3) is 0 Å². The average molecular weight is 711 g/mol. The molecule has 0 saturated heterocycles. The van der Waals surface area contributed by atoms with Gasteiger partial charge in [-0.3, -0.25) is 0 Å². The minimum Gasteiger partial charge on any atom is -0.308 e. The summed E-state index contributed by atoms with van der Waals surface area (Å²) in [5.41, 5.74) is 7.75. The predicted molar refractivity (Wildman–Crippen MR) is 227 cm³/mol. The molecule has 0 amide bonds. The van der Waals surface area contributed by atoms with Gasteiger partial charge in [-0.15, -0.1) is 0 Å². The average Bonchev–Trinajstić information content (AvgIpc) is 3.71. The smallest absolute Gasteiger partial charge is 0.166 e. The molecule has 0 aliphatic heterocycles. The Hall–Kier alpha value is -7.43. The van der Waals surface area contributed by atoms with E-state index in [1.807, 2.05) is 158 Å². The first-order chi connectivity index (χ1) is 30.6. The van der Waals surface area contributed by atoms with E-state index >= 15 is 0 Å². The van der Waals surface area contributed by atoms with E-state index in [4.69, 9.17) is 23.2 Å². The molecule has 0 radical (unpaired) electrons. The summed E-state index contributed by atoms with van der Waals surface area (Å²) in [6.07, 6.45) is 0. The molecule has 0 spiro atoms. The van der Waals surface area contributed by atoms with E-state index < -0.39 is 48.3 Å². The van der Waals surface area contributed by atoms with Crippen molar-refractivity contribution >= 4 is 21.8 Å². The molecule has 0 bridgehead atoms. The topological polar surface area (TPSA) is 43.6 Å².